The van der Waals surface area contributed by atoms with Crippen molar-refractivity contribution in [1.82, 2.24) is 10.0 Å². The molecule has 0 aliphatic carbocycles. The highest BCUT2D eigenvalue weighted by atomic mass is 32.2. The van der Waals surface area contributed by atoms with Crippen molar-refractivity contribution in [3.05, 3.63) is 18.2 Å². The molecule has 1 aliphatic rings. The van der Waals surface area contributed by atoms with Gasteiger partial charge in [-0.3, -0.25) is 4.79 Å². The maximum Gasteiger partial charge on any atom is 0.240 e. The molecule has 8 nitrogen and oxygen atoms in total. The van der Waals surface area contributed by atoms with E-state index in [1.54, 1.807) is 19.9 Å². The van der Waals surface area contributed by atoms with Crippen molar-refractivity contribution >= 4 is 15.9 Å². The molecule has 0 spiro atoms. The fourth-order valence-corrected chi connectivity index (χ4v) is 3.23. The van der Waals surface area contributed by atoms with Crippen LogP contribution in [0.4, 0.5) is 0 Å². The Balaban J connectivity index is 1.95. The second-order valence-corrected chi connectivity index (χ2v) is 8.21. The number of ether oxygens (including phenoxy) is 2. The summed E-state index contributed by atoms with van der Waals surface area (Å²) in [6.07, 6.45) is 0.760. The van der Waals surface area contributed by atoms with Crippen molar-refractivity contribution in [3.63, 3.8) is 0 Å². The minimum absolute atomic E-state index is 0.0107. The Bertz CT molecular complexity index is 718. The predicted molar refractivity (Wildman–Crippen MR) is 93.1 cm³/mol. The first-order chi connectivity index (χ1) is 11.7. The molecule has 1 heterocycles. The van der Waals surface area contributed by atoms with Crippen LogP contribution in [-0.2, 0) is 14.8 Å². The first kappa shape index (κ1) is 19.5. The number of rotatable bonds is 7. The standard InChI is InChI=1S/C16H25N3O5S/c1-16(2,11-17)19-15(20)6-7-18-25(21,22)12-4-5-13-14(10-12)24-9-3-8-23-13/h4-5,10,18H,3,6-9,11,17H2,1-2H3,(H,19,20). The number of sulfonamides is 1. The molecule has 0 unspecified atom stereocenters. The molecule has 9 heteroatoms. The molecule has 1 amide bonds. The smallest absolute Gasteiger partial charge is 0.240 e. The largest absolute Gasteiger partial charge is 0.490 e. The number of nitrogens with one attached hydrogen (secondary N) is 2. The molecule has 4 N–H and O–H groups in total. The third kappa shape index (κ3) is 5.58. The number of hydrogen-bond acceptors (Lipinski definition) is 6. The molecule has 0 fully saturated rings. The lowest BCUT2D eigenvalue weighted by Gasteiger charge is -2.24. The Labute approximate surface area is 148 Å². The quantitative estimate of drug-likeness (QED) is 0.637. The Hall–Kier alpha value is -1.84. The van der Waals surface area contributed by atoms with Crippen molar-refractivity contribution in [3.8, 4) is 11.5 Å². The molecule has 1 aromatic rings. The number of hydrogen-bond donors (Lipinski definition) is 3. The fraction of sp³-hybridized carbons (Fsp3) is 0.562. The zero-order valence-electron chi connectivity index (χ0n) is 14.5. The molecule has 2 rings (SSSR count). The van der Waals surface area contributed by atoms with Crippen LogP contribution < -0.4 is 25.2 Å². The van der Waals surface area contributed by atoms with Crippen molar-refractivity contribution < 1.29 is 22.7 Å². The van der Waals surface area contributed by atoms with Gasteiger partial charge in [-0.2, -0.15) is 0 Å². The second-order valence-electron chi connectivity index (χ2n) is 6.44. The van der Waals surface area contributed by atoms with Gasteiger partial charge in [-0.1, -0.05) is 0 Å². The summed E-state index contributed by atoms with van der Waals surface area (Å²) in [6, 6.07) is 4.46. The van der Waals surface area contributed by atoms with E-state index in [1.165, 1.54) is 12.1 Å². The van der Waals surface area contributed by atoms with Crippen molar-refractivity contribution in [2.24, 2.45) is 5.73 Å². The Morgan fingerprint density at radius 2 is 1.92 bits per heavy atom. The number of fused-ring (bicyclic) bond motifs is 1. The molecular formula is C16H25N3O5S. The summed E-state index contributed by atoms with van der Waals surface area (Å²) in [7, 11) is -3.74. The van der Waals surface area contributed by atoms with Crippen LogP contribution in [-0.4, -0.2) is 46.2 Å². The van der Waals surface area contributed by atoms with E-state index in [9.17, 15) is 13.2 Å². The van der Waals surface area contributed by atoms with Gasteiger partial charge in [0.15, 0.2) is 11.5 Å². The normalized spacial score (nSPS) is 14.7. The van der Waals surface area contributed by atoms with Gasteiger partial charge in [0, 0.05) is 37.5 Å². The highest BCUT2D eigenvalue weighted by Gasteiger charge is 2.21. The zero-order valence-corrected chi connectivity index (χ0v) is 15.3. The van der Waals surface area contributed by atoms with Gasteiger partial charge >= 0.3 is 0 Å². The van der Waals surface area contributed by atoms with Crippen LogP contribution in [0.3, 0.4) is 0 Å². The summed E-state index contributed by atoms with van der Waals surface area (Å²) in [5, 5.41) is 2.74. The van der Waals surface area contributed by atoms with Gasteiger partial charge < -0.3 is 20.5 Å². The molecule has 0 radical (unpaired) electrons. The van der Waals surface area contributed by atoms with E-state index in [0.29, 0.717) is 31.3 Å². The van der Waals surface area contributed by atoms with Crippen LogP contribution >= 0.6 is 0 Å². The van der Waals surface area contributed by atoms with E-state index in [0.717, 1.165) is 6.42 Å². The van der Waals surface area contributed by atoms with E-state index in [4.69, 9.17) is 15.2 Å². The van der Waals surface area contributed by atoms with E-state index in [1.807, 2.05) is 0 Å². The van der Waals surface area contributed by atoms with E-state index >= 15 is 0 Å². The molecule has 0 atom stereocenters. The Morgan fingerprint density at radius 1 is 1.24 bits per heavy atom. The fourth-order valence-electron chi connectivity index (χ4n) is 2.18. The number of carbonyl (C=O) groups is 1. The highest BCUT2D eigenvalue weighted by Crippen LogP contribution is 2.31. The second kappa shape index (κ2) is 8.03. The summed E-state index contributed by atoms with van der Waals surface area (Å²) in [5.41, 5.74) is 5.02. The molecule has 140 valence electrons. The first-order valence-electron chi connectivity index (χ1n) is 8.14. The van der Waals surface area contributed by atoms with Crippen molar-refractivity contribution in [1.29, 1.82) is 0 Å². The predicted octanol–water partition coefficient (Wildman–Crippen LogP) is 0.370. The SMILES string of the molecule is CC(C)(CN)NC(=O)CCNS(=O)(=O)c1ccc2c(c1)OCCCO2. The van der Waals surface area contributed by atoms with Gasteiger partial charge in [0.05, 0.1) is 18.1 Å². The van der Waals surface area contributed by atoms with Crippen LogP contribution in [0.5, 0.6) is 11.5 Å². The lowest BCUT2D eigenvalue weighted by atomic mass is 10.1. The van der Waals surface area contributed by atoms with Crippen molar-refractivity contribution in [2.45, 2.75) is 37.1 Å². The summed E-state index contributed by atoms with van der Waals surface area (Å²) >= 11 is 0. The summed E-state index contributed by atoms with van der Waals surface area (Å²) in [6.45, 7) is 4.89. The average Bonchev–Trinajstić information content (AvgIpc) is 2.78. The van der Waals surface area contributed by atoms with Crippen LogP contribution in [0.2, 0.25) is 0 Å². The van der Waals surface area contributed by atoms with Gasteiger partial charge in [-0.15, -0.1) is 0 Å². The molecule has 0 saturated heterocycles. The van der Waals surface area contributed by atoms with E-state index < -0.39 is 15.6 Å². The van der Waals surface area contributed by atoms with Gasteiger partial charge in [0.1, 0.15) is 0 Å². The monoisotopic (exact) mass is 371 g/mol. The van der Waals surface area contributed by atoms with Gasteiger partial charge in [-0.05, 0) is 26.0 Å². The molecular weight excluding hydrogens is 346 g/mol. The maximum absolute atomic E-state index is 12.4. The number of amides is 1. The minimum Gasteiger partial charge on any atom is -0.490 e. The minimum atomic E-state index is -3.74. The summed E-state index contributed by atoms with van der Waals surface area (Å²) in [4.78, 5) is 11.9. The van der Waals surface area contributed by atoms with Crippen LogP contribution in [0.15, 0.2) is 23.1 Å². The van der Waals surface area contributed by atoms with Crippen LogP contribution in [0.1, 0.15) is 26.7 Å². The topological polar surface area (TPSA) is 120 Å². The van der Waals surface area contributed by atoms with E-state index in [-0.39, 0.29) is 23.8 Å². The highest BCUT2D eigenvalue weighted by molar-refractivity contribution is 7.89. The molecule has 0 aromatic heterocycles. The molecule has 0 saturated carbocycles. The van der Waals surface area contributed by atoms with Gasteiger partial charge in [0.2, 0.25) is 15.9 Å². The zero-order chi connectivity index (χ0) is 18.5. The maximum atomic E-state index is 12.4. The molecule has 25 heavy (non-hydrogen) atoms. The van der Waals surface area contributed by atoms with Crippen LogP contribution in [0.25, 0.3) is 0 Å². The third-order valence-electron chi connectivity index (χ3n) is 3.66. The lowest BCUT2D eigenvalue weighted by Crippen LogP contribution is -2.49. The molecule has 0 bridgehead atoms. The number of nitrogens with two attached hydrogens (primary N) is 1. The Morgan fingerprint density at radius 3 is 2.60 bits per heavy atom. The molecule has 1 aliphatic heterocycles. The van der Waals surface area contributed by atoms with Gasteiger partial charge in [-0.25, -0.2) is 13.1 Å². The van der Waals surface area contributed by atoms with E-state index in [2.05, 4.69) is 10.0 Å². The van der Waals surface area contributed by atoms with Gasteiger partial charge in [0.25, 0.3) is 0 Å². The summed E-state index contributed by atoms with van der Waals surface area (Å²) < 4.78 is 38.1. The molecule has 1 aromatic carbocycles. The lowest BCUT2D eigenvalue weighted by molar-refractivity contribution is -0.122. The average molecular weight is 371 g/mol. The number of carbonyl (C=O) groups excluding carboxylic acids is 1. The Kier molecular flexibility index (Phi) is 6.26. The third-order valence-corrected chi connectivity index (χ3v) is 5.12. The number of benzene rings is 1. The van der Waals surface area contributed by atoms with Crippen molar-refractivity contribution in [2.75, 3.05) is 26.3 Å². The summed E-state index contributed by atoms with van der Waals surface area (Å²) in [5.74, 6) is 0.666. The first-order valence-corrected chi connectivity index (χ1v) is 9.62. The van der Waals surface area contributed by atoms with Crippen LogP contribution in [0, 0.1) is 0 Å².